The molecule has 1 N–H and O–H groups in total. The van der Waals surface area contributed by atoms with Crippen LogP contribution in [0.3, 0.4) is 0 Å². The first-order chi connectivity index (χ1) is 13.5. The normalized spacial score (nSPS) is 17.6. The standard InChI is InChI=1S/C22H20BrClN2O2/c1-13(21-7-4-10-28-21)25-22(27)17-12-20(15-5-2-3-6-18(15)24)26-19-9-8-14(23)11-16(17)19/h2-3,5-6,8-9,11-13,21H,4,7,10H2,1H3,(H,25,27)/t13-,21+/m1/s1. The SMILES string of the molecule is C[C@@H](NC(=O)c1cc(-c2ccccc2Cl)nc2ccc(Br)cc12)[C@@H]1CCCO1. The summed E-state index contributed by atoms with van der Waals surface area (Å²) in [5.74, 6) is -0.137. The Kier molecular flexibility index (Phi) is 5.67. The predicted octanol–water partition coefficient (Wildman–Crippen LogP) is 5.62. The quantitative estimate of drug-likeness (QED) is 0.551. The van der Waals surface area contributed by atoms with Crippen LogP contribution in [0.1, 0.15) is 30.1 Å². The lowest BCUT2D eigenvalue weighted by Crippen LogP contribution is -2.40. The molecule has 1 fully saturated rings. The van der Waals surface area contributed by atoms with Gasteiger partial charge in [-0.1, -0.05) is 45.7 Å². The van der Waals surface area contributed by atoms with Crippen molar-refractivity contribution < 1.29 is 9.53 Å². The highest BCUT2D eigenvalue weighted by Gasteiger charge is 2.25. The summed E-state index contributed by atoms with van der Waals surface area (Å²) >= 11 is 9.87. The average Bonchev–Trinajstić information content (AvgIpc) is 3.22. The molecular weight excluding hydrogens is 440 g/mol. The van der Waals surface area contributed by atoms with Crippen molar-refractivity contribution in [3.8, 4) is 11.3 Å². The zero-order valence-electron chi connectivity index (χ0n) is 15.4. The number of hydrogen-bond acceptors (Lipinski definition) is 3. The number of ether oxygens (including phenoxy) is 1. The van der Waals surface area contributed by atoms with Crippen molar-refractivity contribution in [3.63, 3.8) is 0 Å². The highest BCUT2D eigenvalue weighted by atomic mass is 79.9. The van der Waals surface area contributed by atoms with Gasteiger partial charge < -0.3 is 10.1 Å². The fourth-order valence-electron chi connectivity index (χ4n) is 3.57. The van der Waals surface area contributed by atoms with E-state index in [1.165, 1.54) is 0 Å². The summed E-state index contributed by atoms with van der Waals surface area (Å²) in [5.41, 5.74) is 2.80. The number of hydrogen-bond donors (Lipinski definition) is 1. The number of carbonyl (C=O) groups is 1. The van der Waals surface area contributed by atoms with Gasteiger partial charge in [0.25, 0.3) is 5.91 Å². The highest BCUT2D eigenvalue weighted by Crippen LogP contribution is 2.31. The van der Waals surface area contributed by atoms with Crippen LogP contribution in [-0.2, 0) is 4.74 Å². The smallest absolute Gasteiger partial charge is 0.252 e. The molecule has 0 unspecified atom stereocenters. The summed E-state index contributed by atoms with van der Waals surface area (Å²) in [7, 11) is 0. The first-order valence-electron chi connectivity index (χ1n) is 9.30. The molecule has 1 aliphatic heterocycles. The Labute approximate surface area is 177 Å². The van der Waals surface area contributed by atoms with Crippen LogP contribution >= 0.6 is 27.5 Å². The first-order valence-corrected chi connectivity index (χ1v) is 10.5. The third-order valence-corrected chi connectivity index (χ3v) is 5.87. The molecule has 2 heterocycles. The zero-order chi connectivity index (χ0) is 19.7. The first kappa shape index (κ1) is 19.4. The number of nitrogens with zero attached hydrogens (tertiary/aromatic N) is 1. The van der Waals surface area contributed by atoms with E-state index in [1.54, 1.807) is 0 Å². The molecule has 6 heteroatoms. The lowest BCUT2D eigenvalue weighted by atomic mass is 10.0. The Bertz CT molecular complexity index is 1030. The lowest BCUT2D eigenvalue weighted by molar-refractivity contribution is 0.0713. The van der Waals surface area contributed by atoms with E-state index in [0.29, 0.717) is 16.3 Å². The number of amides is 1. The molecule has 4 nitrogen and oxygen atoms in total. The molecule has 0 radical (unpaired) electrons. The molecule has 1 aromatic heterocycles. The van der Waals surface area contributed by atoms with Gasteiger partial charge in [-0.25, -0.2) is 4.98 Å². The maximum absolute atomic E-state index is 13.2. The topological polar surface area (TPSA) is 51.2 Å². The van der Waals surface area contributed by atoms with Crippen LogP contribution < -0.4 is 5.32 Å². The molecule has 2 aromatic carbocycles. The molecule has 2 atom stereocenters. The third-order valence-electron chi connectivity index (χ3n) is 5.05. The fraction of sp³-hybridized carbons (Fsp3) is 0.273. The van der Waals surface area contributed by atoms with Crippen molar-refractivity contribution >= 4 is 44.3 Å². The molecular formula is C22H20BrClN2O2. The van der Waals surface area contributed by atoms with Crippen molar-refractivity contribution in [2.45, 2.75) is 31.9 Å². The summed E-state index contributed by atoms with van der Waals surface area (Å²) in [6, 6.07) is 15.0. The van der Waals surface area contributed by atoms with Gasteiger partial charge in [-0.15, -0.1) is 0 Å². The maximum Gasteiger partial charge on any atom is 0.252 e. The van der Waals surface area contributed by atoms with Crippen LogP contribution in [-0.4, -0.2) is 29.6 Å². The van der Waals surface area contributed by atoms with E-state index in [0.717, 1.165) is 40.4 Å². The predicted molar refractivity (Wildman–Crippen MR) is 116 cm³/mol. The Morgan fingerprint density at radius 3 is 2.86 bits per heavy atom. The molecule has 1 amide bonds. The second-order valence-electron chi connectivity index (χ2n) is 7.01. The molecule has 4 rings (SSSR count). The average molecular weight is 460 g/mol. The molecule has 1 saturated heterocycles. The van der Waals surface area contributed by atoms with E-state index < -0.39 is 0 Å². The van der Waals surface area contributed by atoms with Gasteiger partial charge >= 0.3 is 0 Å². The summed E-state index contributed by atoms with van der Waals surface area (Å²) < 4.78 is 6.61. The summed E-state index contributed by atoms with van der Waals surface area (Å²) in [4.78, 5) is 17.9. The number of fused-ring (bicyclic) bond motifs is 1. The molecule has 0 spiro atoms. The van der Waals surface area contributed by atoms with Crippen LogP contribution in [0.5, 0.6) is 0 Å². The van der Waals surface area contributed by atoms with Gasteiger partial charge in [0, 0.05) is 27.1 Å². The van der Waals surface area contributed by atoms with Gasteiger partial charge in [-0.2, -0.15) is 0 Å². The maximum atomic E-state index is 13.2. The minimum Gasteiger partial charge on any atom is -0.376 e. The molecule has 0 bridgehead atoms. The number of pyridine rings is 1. The third kappa shape index (κ3) is 3.93. The van der Waals surface area contributed by atoms with Crippen LogP contribution in [0.15, 0.2) is 53.0 Å². The monoisotopic (exact) mass is 458 g/mol. The van der Waals surface area contributed by atoms with E-state index in [-0.39, 0.29) is 18.1 Å². The van der Waals surface area contributed by atoms with Crippen LogP contribution in [0.4, 0.5) is 0 Å². The molecule has 3 aromatic rings. The number of halogens is 2. The number of benzene rings is 2. The second kappa shape index (κ2) is 8.19. The van der Waals surface area contributed by atoms with Crippen molar-refractivity contribution in [1.82, 2.24) is 10.3 Å². The van der Waals surface area contributed by atoms with Crippen LogP contribution in [0.2, 0.25) is 5.02 Å². The molecule has 1 aliphatic rings. The molecule has 0 saturated carbocycles. The Morgan fingerprint density at radius 1 is 1.29 bits per heavy atom. The molecule has 0 aliphatic carbocycles. The Morgan fingerprint density at radius 2 is 2.11 bits per heavy atom. The van der Waals surface area contributed by atoms with E-state index in [1.807, 2.05) is 55.5 Å². The van der Waals surface area contributed by atoms with Gasteiger partial charge in [-0.3, -0.25) is 4.79 Å². The van der Waals surface area contributed by atoms with Crippen molar-refractivity contribution in [3.05, 3.63) is 63.6 Å². The van der Waals surface area contributed by atoms with E-state index in [9.17, 15) is 4.79 Å². The molecule has 144 valence electrons. The summed E-state index contributed by atoms with van der Waals surface area (Å²) in [6.07, 6.45) is 2.06. The van der Waals surface area contributed by atoms with Gasteiger partial charge in [0.1, 0.15) is 0 Å². The molecule has 28 heavy (non-hydrogen) atoms. The van der Waals surface area contributed by atoms with E-state index >= 15 is 0 Å². The highest BCUT2D eigenvalue weighted by molar-refractivity contribution is 9.10. The van der Waals surface area contributed by atoms with Crippen molar-refractivity contribution in [1.29, 1.82) is 0 Å². The second-order valence-corrected chi connectivity index (χ2v) is 8.33. The summed E-state index contributed by atoms with van der Waals surface area (Å²) in [5, 5.41) is 4.50. The summed E-state index contributed by atoms with van der Waals surface area (Å²) in [6.45, 7) is 2.74. The van der Waals surface area contributed by atoms with Gasteiger partial charge in [0.15, 0.2) is 0 Å². The van der Waals surface area contributed by atoms with Crippen molar-refractivity contribution in [2.75, 3.05) is 6.61 Å². The van der Waals surface area contributed by atoms with Crippen molar-refractivity contribution in [2.24, 2.45) is 0 Å². The minimum atomic E-state index is -0.137. The Hall–Kier alpha value is -1.95. The zero-order valence-corrected chi connectivity index (χ0v) is 17.8. The van der Waals surface area contributed by atoms with Crippen LogP contribution in [0.25, 0.3) is 22.2 Å². The minimum absolute atomic E-state index is 0.0610. The fourth-order valence-corrected chi connectivity index (χ4v) is 4.16. The number of aromatic nitrogens is 1. The van der Waals surface area contributed by atoms with Gasteiger partial charge in [-0.05, 0) is 50.1 Å². The number of carbonyl (C=O) groups excluding carboxylic acids is 1. The number of rotatable bonds is 4. The lowest BCUT2D eigenvalue weighted by Gasteiger charge is -2.20. The Balaban J connectivity index is 1.77. The number of nitrogens with one attached hydrogen (secondary N) is 1. The largest absolute Gasteiger partial charge is 0.376 e. The van der Waals surface area contributed by atoms with E-state index in [2.05, 4.69) is 21.2 Å². The van der Waals surface area contributed by atoms with Gasteiger partial charge in [0.2, 0.25) is 0 Å². The van der Waals surface area contributed by atoms with Gasteiger partial charge in [0.05, 0.1) is 28.9 Å². The van der Waals surface area contributed by atoms with Crippen LogP contribution in [0, 0.1) is 0 Å². The van der Waals surface area contributed by atoms with E-state index in [4.69, 9.17) is 21.3 Å².